The summed E-state index contributed by atoms with van der Waals surface area (Å²) in [6, 6.07) is 3.14. The second-order valence-electron chi connectivity index (χ2n) is 4.65. The third kappa shape index (κ3) is 4.14. The summed E-state index contributed by atoms with van der Waals surface area (Å²) in [4.78, 5) is 13.6. The van der Waals surface area contributed by atoms with E-state index in [1.807, 2.05) is 0 Å². The van der Waals surface area contributed by atoms with Gasteiger partial charge in [-0.2, -0.15) is 0 Å². The van der Waals surface area contributed by atoms with E-state index in [1.165, 1.54) is 0 Å². The van der Waals surface area contributed by atoms with Crippen molar-refractivity contribution >= 4 is 18.3 Å². The zero-order valence-corrected chi connectivity index (χ0v) is 11.3. The van der Waals surface area contributed by atoms with Gasteiger partial charge in [-0.1, -0.05) is 0 Å². The number of hydrogen-bond acceptors (Lipinski definition) is 2. The van der Waals surface area contributed by atoms with Gasteiger partial charge in [-0.05, 0) is 31.0 Å². The number of carbonyl (C=O) groups excluding carboxylic acids is 1. The van der Waals surface area contributed by atoms with Crippen molar-refractivity contribution < 1.29 is 13.6 Å². The smallest absolute Gasteiger partial charge is 0.227 e. The van der Waals surface area contributed by atoms with Gasteiger partial charge in [0.25, 0.3) is 0 Å². The van der Waals surface area contributed by atoms with E-state index in [-0.39, 0.29) is 36.3 Å². The highest BCUT2D eigenvalue weighted by Crippen LogP contribution is 2.14. The number of halogens is 3. The SMILES string of the molecule is Cl.NC1CCCN(C(=O)Cc2cc(F)ccc2F)C1. The van der Waals surface area contributed by atoms with E-state index in [9.17, 15) is 13.6 Å². The maximum Gasteiger partial charge on any atom is 0.227 e. The fourth-order valence-corrected chi connectivity index (χ4v) is 2.19. The van der Waals surface area contributed by atoms with Gasteiger partial charge in [0.15, 0.2) is 0 Å². The molecule has 1 atom stereocenters. The molecule has 0 bridgehead atoms. The number of likely N-dealkylation sites (tertiary alicyclic amines) is 1. The largest absolute Gasteiger partial charge is 0.341 e. The Morgan fingerprint density at radius 3 is 2.84 bits per heavy atom. The first-order chi connectivity index (χ1) is 8.56. The average molecular weight is 291 g/mol. The van der Waals surface area contributed by atoms with Crippen LogP contribution < -0.4 is 5.73 Å². The van der Waals surface area contributed by atoms with Crippen LogP contribution in [0.4, 0.5) is 8.78 Å². The van der Waals surface area contributed by atoms with Crippen LogP contribution in [0.15, 0.2) is 18.2 Å². The van der Waals surface area contributed by atoms with E-state index >= 15 is 0 Å². The minimum absolute atomic E-state index is 0. The van der Waals surface area contributed by atoms with E-state index in [0.29, 0.717) is 13.1 Å². The normalized spacial score (nSPS) is 18.9. The topological polar surface area (TPSA) is 46.3 Å². The molecule has 1 amide bonds. The van der Waals surface area contributed by atoms with Gasteiger partial charge in [0.05, 0.1) is 6.42 Å². The molecule has 3 nitrogen and oxygen atoms in total. The third-order valence-corrected chi connectivity index (χ3v) is 3.16. The van der Waals surface area contributed by atoms with E-state index < -0.39 is 11.6 Å². The van der Waals surface area contributed by atoms with Gasteiger partial charge in [0.2, 0.25) is 5.91 Å². The molecule has 0 aromatic heterocycles. The first-order valence-corrected chi connectivity index (χ1v) is 6.03. The van der Waals surface area contributed by atoms with Crippen LogP contribution in [0.1, 0.15) is 18.4 Å². The lowest BCUT2D eigenvalue weighted by atomic mass is 10.0. The lowest BCUT2D eigenvalue weighted by Crippen LogP contribution is -2.46. The van der Waals surface area contributed by atoms with Gasteiger partial charge >= 0.3 is 0 Å². The maximum atomic E-state index is 13.4. The molecule has 1 unspecified atom stereocenters. The molecule has 0 saturated carbocycles. The van der Waals surface area contributed by atoms with Crippen LogP contribution in [0.5, 0.6) is 0 Å². The highest BCUT2D eigenvalue weighted by molar-refractivity contribution is 5.85. The van der Waals surface area contributed by atoms with Crippen LogP contribution in [0.25, 0.3) is 0 Å². The van der Waals surface area contributed by atoms with Gasteiger partial charge in [0.1, 0.15) is 11.6 Å². The molecule has 1 aliphatic rings. The van der Waals surface area contributed by atoms with E-state index in [4.69, 9.17) is 5.73 Å². The van der Waals surface area contributed by atoms with Crippen molar-refractivity contribution in [2.24, 2.45) is 5.73 Å². The zero-order valence-electron chi connectivity index (χ0n) is 10.4. The minimum Gasteiger partial charge on any atom is -0.341 e. The van der Waals surface area contributed by atoms with Crippen LogP contribution in [0, 0.1) is 11.6 Å². The summed E-state index contributed by atoms with van der Waals surface area (Å²) in [5.74, 6) is -1.28. The summed E-state index contributed by atoms with van der Waals surface area (Å²) in [6.45, 7) is 1.14. The fourth-order valence-electron chi connectivity index (χ4n) is 2.19. The highest BCUT2D eigenvalue weighted by atomic mass is 35.5. The van der Waals surface area contributed by atoms with Gasteiger partial charge in [-0.15, -0.1) is 12.4 Å². The molecule has 0 spiro atoms. The number of benzene rings is 1. The lowest BCUT2D eigenvalue weighted by Gasteiger charge is -2.30. The minimum atomic E-state index is -0.550. The van der Waals surface area contributed by atoms with Crippen LogP contribution in [-0.4, -0.2) is 29.9 Å². The molecule has 106 valence electrons. The maximum absolute atomic E-state index is 13.4. The fraction of sp³-hybridized carbons (Fsp3) is 0.462. The van der Waals surface area contributed by atoms with E-state index in [1.54, 1.807) is 4.90 Å². The number of piperidine rings is 1. The average Bonchev–Trinajstić information content (AvgIpc) is 2.34. The van der Waals surface area contributed by atoms with Crippen molar-refractivity contribution in [3.8, 4) is 0 Å². The van der Waals surface area contributed by atoms with Crippen molar-refractivity contribution in [3.05, 3.63) is 35.4 Å². The molecular weight excluding hydrogens is 274 g/mol. The van der Waals surface area contributed by atoms with Crippen LogP contribution >= 0.6 is 12.4 Å². The quantitative estimate of drug-likeness (QED) is 0.904. The summed E-state index contributed by atoms with van der Waals surface area (Å²) < 4.78 is 26.4. The molecule has 1 heterocycles. The monoisotopic (exact) mass is 290 g/mol. The number of carbonyl (C=O) groups is 1. The molecule has 2 rings (SSSR count). The first kappa shape index (κ1) is 15.9. The van der Waals surface area contributed by atoms with Crippen molar-refractivity contribution in [2.75, 3.05) is 13.1 Å². The molecular formula is C13H17ClF2N2O. The third-order valence-electron chi connectivity index (χ3n) is 3.16. The summed E-state index contributed by atoms with van der Waals surface area (Å²) in [6.07, 6.45) is 1.65. The molecule has 1 aromatic carbocycles. The zero-order chi connectivity index (χ0) is 13.1. The molecule has 1 saturated heterocycles. The van der Waals surface area contributed by atoms with E-state index in [2.05, 4.69) is 0 Å². The summed E-state index contributed by atoms with van der Waals surface area (Å²) in [5, 5.41) is 0. The Bertz CT molecular complexity index is 456. The molecule has 1 aromatic rings. The lowest BCUT2D eigenvalue weighted by molar-refractivity contribution is -0.131. The molecule has 0 aliphatic carbocycles. The Hall–Kier alpha value is -1.20. The number of hydrogen-bond donors (Lipinski definition) is 1. The predicted molar refractivity (Wildman–Crippen MR) is 71.1 cm³/mol. The number of nitrogens with two attached hydrogens (primary N) is 1. The van der Waals surface area contributed by atoms with Crippen LogP contribution in [0.2, 0.25) is 0 Å². The van der Waals surface area contributed by atoms with Gasteiger partial charge in [0, 0.05) is 24.7 Å². The second kappa shape index (κ2) is 6.82. The molecule has 1 fully saturated rings. The standard InChI is InChI=1S/C13H16F2N2O.ClH/c14-10-3-4-12(15)9(6-10)7-13(18)17-5-1-2-11(16)8-17;/h3-4,6,11H,1-2,5,7-8,16H2;1H. The molecule has 1 aliphatic heterocycles. The Kier molecular flexibility index (Phi) is 5.69. The Labute approximate surface area is 117 Å². The van der Waals surface area contributed by atoms with Gasteiger partial charge in [-0.3, -0.25) is 4.79 Å². The molecule has 19 heavy (non-hydrogen) atoms. The summed E-state index contributed by atoms with van der Waals surface area (Å²) in [5.41, 5.74) is 5.88. The van der Waals surface area contributed by atoms with Crippen molar-refractivity contribution in [2.45, 2.75) is 25.3 Å². The summed E-state index contributed by atoms with van der Waals surface area (Å²) >= 11 is 0. The molecule has 0 radical (unpaired) electrons. The van der Waals surface area contributed by atoms with Crippen molar-refractivity contribution in [3.63, 3.8) is 0 Å². The van der Waals surface area contributed by atoms with Crippen LogP contribution in [0.3, 0.4) is 0 Å². The number of nitrogens with zero attached hydrogens (tertiary/aromatic N) is 1. The summed E-state index contributed by atoms with van der Waals surface area (Å²) in [7, 11) is 0. The van der Waals surface area contributed by atoms with Crippen molar-refractivity contribution in [1.29, 1.82) is 0 Å². The first-order valence-electron chi connectivity index (χ1n) is 6.03. The number of rotatable bonds is 2. The van der Waals surface area contributed by atoms with Crippen molar-refractivity contribution in [1.82, 2.24) is 4.90 Å². The van der Waals surface area contributed by atoms with Gasteiger partial charge < -0.3 is 10.6 Å². The Morgan fingerprint density at radius 1 is 1.42 bits per heavy atom. The van der Waals surface area contributed by atoms with Gasteiger partial charge in [-0.25, -0.2) is 8.78 Å². The molecule has 2 N–H and O–H groups in total. The van der Waals surface area contributed by atoms with E-state index in [0.717, 1.165) is 31.0 Å². The molecule has 6 heteroatoms. The van der Waals surface area contributed by atoms with Crippen LogP contribution in [-0.2, 0) is 11.2 Å². The number of amides is 1. The Morgan fingerprint density at radius 2 is 2.16 bits per heavy atom. The Balaban J connectivity index is 0.00000180. The predicted octanol–water partition coefficient (Wildman–Crippen LogP) is 1.88. The second-order valence-corrected chi connectivity index (χ2v) is 4.65. The highest BCUT2D eigenvalue weighted by Gasteiger charge is 2.22.